The van der Waals surface area contributed by atoms with Gasteiger partial charge in [0, 0.05) is 18.8 Å². The zero-order valence-electron chi connectivity index (χ0n) is 11.4. The number of carbonyl (C=O) groups excluding carboxylic acids is 1. The van der Waals surface area contributed by atoms with Crippen LogP contribution >= 0.6 is 0 Å². The number of nitrogens with zero attached hydrogens (tertiary/aromatic N) is 1. The predicted octanol–water partition coefficient (Wildman–Crippen LogP) is 1.89. The van der Waals surface area contributed by atoms with Crippen molar-refractivity contribution in [1.82, 2.24) is 15.6 Å². The fraction of sp³-hybridized carbons (Fsp3) is 0.571. The van der Waals surface area contributed by atoms with Crippen molar-refractivity contribution in [3.63, 3.8) is 0 Å². The number of pyridine rings is 1. The summed E-state index contributed by atoms with van der Waals surface area (Å²) >= 11 is 0. The maximum absolute atomic E-state index is 11.6. The van der Waals surface area contributed by atoms with Gasteiger partial charge in [-0.05, 0) is 31.4 Å². The SMILES string of the molecule is CC(C)CCNC(=O)CN[C@@H](C)c1ccccn1. The van der Waals surface area contributed by atoms with E-state index in [1.807, 2.05) is 25.1 Å². The molecule has 4 heteroatoms. The van der Waals surface area contributed by atoms with Crippen LogP contribution < -0.4 is 10.6 Å². The van der Waals surface area contributed by atoms with E-state index >= 15 is 0 Å². The van der Waals surface area contributed by atoms with E-state index < -0.39 is 0 Å². The molecule has 0 bridgehead atoms. The second-order valence-corrected chi connectivity index (χ2v) is 4.89. The van der Waals surface area contributed by atoms with Gasteiger partial charge in [-0.2, -0.15) is 0 Å². The molecule has 0 aliphatic heterocycles. The average molecular weight is 249 g/mol. The minimum atomic E-state index is 0.0402. The lowest BCUT2D eigenvalue weighted by Gasteiger charge is -2.13. The van der Waals surface area contributed by atoms with Crippen LogP contribution in [0.1, 0.15) is 38.9 Å². The lowest BCUT2D eigenvalue weighted by atomic mass is 10.1. The van der Waals surface area contributed by atoms with Crippen molar-refractivity contribution in [3.05, 3.63) is 30.1 Å². The van der Waals surface area contributed by atoms with Gasteiger partial charge in [-0.15, -0.1) is 0 Å². The summed E-state index contributed by atoms with van der Waals surface area (Å²) < 4.78 is 0. The zero-order valence-corrected chi connectivity index (χ0v) is 11.4. The Morgan fingerprint density at radius 3 is 2.72 bits per heavy atom. The maximum atomic E-state index is 11.6. The molecule has 0 saturated heterocycles. The number of nitrogens with one attached hydrogen (secondary N) is 2. The van der Waals surface area contributed by atoms with Gasteiger partial charge in [0.1, 0.15) is 0 Å². The topological polar surface area (TPSA) is 54.0 Å². The molecule has 0 radical (unpaired) electrons. The van der Waals surface area contributed by atoms with E-state index in [2.05, 4.69) is 29.5 Å². The maximum Gasteiger partial charge on any atom is 0.233 e. The van der Waals surface area contributed by atoms with E-state index in [9.17, 15) is 4.79 Å². The second-order valence-electron chi connectivity index (χ2n) is 4.89. The highest BCUT2D eigenvalue weighted by molar-refractivity contribution is 5.77. The first kappa shape index (κ1) is 14.6. The third-order valence-electron chi connectivity index (χ3n) is 2.74. The lowest BCUT2D eigenvalue weighted by molar-refractivity contribution is -0.120. The number of hydrogen-bond acceptors (Lipinski definition) is 3. The van der Waals surface area contributed by atoms with Gasteiger partial charge in [-0.1, -0.05) is 19.9 Å². The van der Waals surface area contributed by atoms with Crippen molar-refractivity contribution in [3.8, 4) is 0 Å². The van der Waals surface area contributed by atoms with Crippen LogP contribution in [0.4, 0.5) is 0 Å². The highest BCUT2D eigenvalue weighted by Gasteiger charge is 2.07. The molecule has 18 heavy (non-hydrogen) atoms. The van der Waals surface area contributed by atoms with Gasteiger partial charge in [-0.25, -0.2) is 0 Å². The number of carbonyl (C=O) groups is 1. The molecule has 0 aliphatic rings. The summed E-state index contributed by atoms with van der Waals surface area (Å²) in [4.78, 5) is 15.8. The van der Waals surface area contributed by atoms with E-state index in [4.69, 9.17) is 0 Å². The molecule has 0 unspecified atom stereocenters. The Morgan fingerprint density at radius 2 is 2.11 bits per heavy atom. The van der Waals surface area contributed by atoms with Crippen LogP contribution in [0.25, 0.3) is 0 Å². The molecule has 0 aliphatic carbocycles. The van der Waals surface area contributed by atoms with Crippen LogP contribution in [0.2, 0.25) is 0 Å². The molecule has 1 aromatic heterocycles. The van der Waals surface area contributed by atoms with Gasteiger partial charge in [0.2, 0.25) is 5.91 Å². The molecule has 100 valence electrons. The molecule has 1 atom stereocenters. The van der Waals surface area contributed by atoms with Crippen molar-refractivity contribution in [1.29, 1.82) is 0 Å². The predicted molar refractivity (Wildman–Crippen MR) is 73.1 cm³/mol. The van der Waals surface area contributed by atoms with E-state index in [1.165, 1.54) is 0 Å². The van der Waals surface area contributed by atoms with Gasteiger partial charge < -0.3 is 10.6 Å². The van der Waals surface area contributed by atoms with Gasteiger partial charge in [0.15, 0.2) is 0 Å². The monoisotopic (exact) mass is 249 g/mol. The molecule has 0 aromatic carbocycles. The van der Waals surface area contributed by atoms with Crippen molar-refractivity contribution >= 4 is 5.91 Å². The first-order valence-corrected chi connectivity index (χ1v) is 6.50. The van der Waals surface area contributed by atoms with Crippen molar-refractivity contribution < 1.29 is 4.79 Å². The minimum absolute atomic E-state index is 0.0402. The molecule has 1 heterocycles. The summed E-state index contributed by atoms with van der Waals surface area (Å²) in [6.07, 6.45) is 2.78. The van der Waals surface area contributed by atoms with Gasteiger partial charge >= 0.3 is 0 Å². The highest BCUT2D eigenvalue weighted by atomic mass is 16.1. The normalized spacial score (nSPS) is 12.4. The zero-order chi connectivity index (χ0) is 13.4. The average Bonchev–Trinajstić information content (AvgIpc) is 2.36. The molecule has 0 saturated carbocycles. The fourth-order valence-corrected chi connectivity index (χ4v) is 1.55. The third-order valence-corrected chi connectivity index (χ3v) is 2.74. The van der Waals surface area contributed by atoms with Gasteiger partial charge in [0.05, 0.1) is 12.2 Å². The number of rotatable bonds is 7. The number of aromatic nitrogens is 1. The van der Waals surface area contributed by atoms with Crippen LogP contribution in [-0.2, 0) is 4.79 Å². The Labute approximate surface area is 109 Å². The summed E-state index contributed by atoms with van der Waals surface area (Å²) in [5.74, 6) is 0.657. The molecule has 1 aromatic rings. The molecule has 0 fully saturated rings. The van der Waals surface area contributed by atoms with Crippen molar-refractivity contribution in [2.24, 2.45) is 5.92 Å². The van der Waals surface area contributed by atoms with Crippen LogP contribution in [0, 0.1) is 5.92 Å². The van der Waals surface area contributed by atoms with E-state index in [-0.39, 0.29) is 11.9 Å². The largest absolute Gasteiger partial charge is 0.355 e. The molecule has 1 rings (SSSR count). The van der Waals surface area contributed by atoms with E-state index in [1.54, 1.807) is 6.20 Å². The minimum Gasteiger partial charge on any atom is -0.355 e. The standard InChI is InChI=1S/C14H23N3O/c1-11(2)7-9-16-14(18)10-17-12(3)13-6-4-5-8-15-13/h4-6,8,11-12,17H,7,9-10H2,1-3H3,(H,16,18)/t12-/m0/s1. The van der Waals surface area contributed by atoms with Crippen molar-refractivity contribution in [2.75, 3.05) is 13.1 Å². The number of hydrogen-bond donors (Lipinski definition) is 2. The fourth-order valence-electron chi connectivity index (χ4n) is 1.55. The first-order valence-electron chi connectivity index (χ1n) is 6.50. The highest BCUT2D eigenvalue weighted by Crippen LogP contribution is 2.06. The van der Waals surface area contributed by atoms with Crippen LogP contribution in [0.15, 0.2) is 24.4 Å². The quantitative estimate of drug-likeness (QED) is 0.776. The Morgan fingerprint density at radius 1 is 1.33 bits per heavy atom. The van der Waals surface area contributed by atoms with E-state index in [0.717, 1.165) is 18.7 Å². The summed E-state index contributed by atoms with van der Waals surface area (Å²) in [5, 5.41) is 6.06. The molecule has 1 amide bonds. The Hall–Kier alpha value is -1.42. The Balaban J connectivity index is 2.22. The van der Waals surface area contributed by atoms with Gasteiger partial charge in [-0.3, -0.25) is 9.78 Å². The molecule has 4 nitrogen and oxygen atoms in total. The summed E-state index contributed by atoms with van der Waals surface area (Å²) in [6.45, 7) is 7.37. The summed E-state index contributed by atoms with van der Waals surface area (Å²) in [6, 6.07) is 5.87. The molecular formula is C14H23N3O. The van der Waals surface area contributed by atoms with E-state index in [0.29, 0.717) is 12.5 Å². The van der Waals surface area contributed by atoms with Crippen molar-refractivity contribution in [2.45, 2.75) is 33.2 Å². The molecule has 2 N–H and O–H groups in total. The van der Waals surface area contributed by atoms with Gasteiger partial charge in [0.25, 0.3) is 0 Å². The second kappa shape index (κ2) is 7.82. The Bertz CT molecular complexity index is 351. The summed E-state index contributed by atoms with van der Waals surface area (Å²) in [7, 11) is 0. The number of amides is 1. The third kappa shape index (κ3) is 5.77. The van der Waals surface area contributed by atoms with Crippen LogP contribution in [0.5, 0.6) is 0 Å². The van der Waals surface area contributed by atoms with Crippen LogP contribution in [-0.4, -0.2) is 24.0 Å². The Kier molecular flexibility index (Phi) is 6.36. The lowest BCUT2D eigenvalue weighted by Crippen LogP contribution is -2.36. The summed E-state index contributed by atoms with van der Waals surface area (Å²) in [5.41, 5.74) is 0.951. The molecular weight excluding hydrogens is 226 g/mol. The smallest absolute Gasteiger partial charge is 0.233 e. The van der Waals surface area contributed by atoms with Crippen LogP contribution in [0.3, 0.4) is 0 Å². The molecule has 0 spiro atoms. The first-order chi connectivity index (χ1) is 8.59.